The molecule has 1 saturated heterocycles. The van der Waals surface area contributed by atoms with E-state index in [1.54, 1.807) is 36.7 Å². The van der Waals surface area contributed by atoms with Crippen molar-refractivity contribution >= 4 is 23.2 Å². The molecule has 2 unspecified atom stereocenters. The number of pyridine rings is 1. The van der Waals surface area contributed by atoms with Crippen molar-refractivity contribution < 1.29 is 14.3 Å². The number of amides is 2. The lowest BCUT2D eigenvalue weighted by Crippen LogP contribution is -2.41. The van der Waals surface area contributed by atoms with Gasteiger partial charge in [-0.3, -0.25) is 14.5 Å². The predicted octanol–water partition coefficient (Wildman–Crippen LogP) is 1.27. The molecular formula is C18H22N4O3S. The first-order valence-electron chi connectivity index (χ1n) is 8.39. The molecule has 0 aliphatic carbocycles. The highest BCUT2D eigenvalue weighted by molar-refractivity contribution is 7.07. The van der Waals surface area contributed by atoms with Gasteiger partial charge in [-0.15, -0.1) is 0 Å². The maximum absolute atomic E-state index is 12.6. The van der Waals surface area contributed by atoms with Crippen LogP contribution in [0.5, 0.6) is 5.88 Å². The van der Waals surface area contributed by atoms with Crippen molar-refractivity contribution in [3.05, 3.63) is 46.3 Å². The molecule has 138 valence electrons. The van der Waals surface area contributed by atoms with Crippen LogP contribution >= 0.6 is 11.3 Å². The number of nitrogens with one attached hydrogen (secondary N) is 2. The summed E-state index contributed by atoms with van der Waals surface area (Å²) in [7, 11) is 3.12. The van der Waals surface area contributed by atoms with Gasteiger partial charge in [0.2, 0.25) is 11.8 Å². The van der Waals surface area contributed by atoms with Crippen LogP contribution in [0, 0.1) is 0 Å². The van der Waals surface area contributed by atoms with Gasteiger partial charge in [0.25, 0.3) is 5.91 Å². The van der Waals surface area contributed by atoms with E-state index < -0.39 is 0 Å². The molecule has 1 aliphatic rings. The number of thiophene rings is 1. The Balaban J connectivity index is 1.70. The number of likely N-dealkylation sites (tertiary alicyclic amines) is 1. The van der Waals surface area contributed by atoms with Crippen molar-refractivity contribution in [2.45, 2.75) is 25.0 Å². The summed E-state index contributed by atoms with van der Waals surface area (Å²) in [5.41, 5.74) is 1.56. The molecule has 2 amide bonds. The van der Waals surface area contributed by atoms with Crippen LogP contribution < -0.4 is 15.4 Å². The molecule has 2 N–H and O–H groups in total. The lowest BCUT2D eigenvalue weighted by atomic mass is 10.1. The van der Waals surface area contributed by atoms with Gasteiger partial charge in [0.15, 0.2) is 0 Å². The van der Waals surface area contributed by atoms with Gasteiger partial charge in [-0.2, -0.15) is 11.3 Å². The Morgan fingerprint density at radius 1 is 1.42 bits per heavy atom. The average molecular weight is 374 g/mol. The van der Waals surface area contributed by atoms with E-state index in [-0.39, 0.29) is 23.9 Å². The Labute approximate surface area is 156 Å². The van der Waals surface area contributed by atoms with Crippen LogP contribution in [0.3, 0.4) is 0 Å². The van der Waals surface area contributed by atoms with Crippen LogP contribution in [0.1, 0.15) is 22.3 Å². The van der Waals surface area contributed by atoms with Crippen LogP contribution in [0.15, 0.2) is 35.2 Å². The number of aromatic nitrogens is 1. The minimum Gasteiger partial charge on any atom is -0.480 e. The number of hydrogen-bond donors (Lipinski definition) is 2. The topological polar surface area (TPSA) is 83.6 Å². The SMILES string of the molecule is CNC(=O)C1CC(NC(=O)c2cccnc2OC)CN1Cc1ccsc1. The molecule has 1 aliphatic heterocycles. The van der Waals surface area contributed by atoms with Crippen molar-refractivity contribution in [1.82, 2.24) is 20.5 Å². The average Bonchev–Trinajstić information content (AvgIpc) is 3.31. The van der Waals surface area contributed by atoms with E-state index in [9.17, 15) is 9.59 Å². The predicted molar refractivity (Wildman–Crippen MR) is 99.2 cm³/mol. The Morgan fingerprint density at radius 2 is 2.27 bits per heavy atom. The third kappa shape index (κ3) is 4.03. The third-order valence-electron chi connectivity index (χ3n) is 4.46. The molecule has 0 bridgehead atoms. The molecule has 3 rings (SSSR count). The standard InChI is InChI=1S/C18H22N4O3S/c1-19-17(24)15-8-13(10-22(15)9-12-5-7-26-11-12)21-16(23)14-4-3-6-20-18(14)25-2/h3-7,11,13,15H,8-10H2,1-2H3,(H,19,24)(H,21,23). The normalized spacial score (nSPS) is 19.9. The van der Waals surface area contributed by atoms with E-state index in [1.807, 2.05) is 5.38 Å². The fourth-order valence-corrected chi connectivity index (χ4v) is 3.89. The molecular weight excluding hydrogens is 352 g/mol. The molecule has 2 atom stereocenters. The van der Waals surface area contributed by atoms with Gasteiger partial charge in [-0.25, -0.2) is 4.98 Å². The minimum atomic E-state index is -0.263. The molecule has 7 nitrogen and oxygen atoms in total. The van der Waals surface area contributed by atoms with E-state index in [0.29, 0.717) is 31.0 Å². The zero-order chi connectivity index (χ0) is 18.5. The van der Waals surface area contributed by atoms with E-state index >= 15 is 0 Å². The summed E-state index contributed by atoms with van der Waals surface area (Å²) in [5, 5.41) is 9.83. The summed E-state index contributed by atoms with van der Waals surface area (Å²) in [6, 6.07) is 5.05. The number of carbonyl (C=O) groups excluding carboxylic acids is 2. The Hall–Kier alpha value is -2.45. The first-order valence-corrected chi connectivity index (χ1v) is 9.33. The van der Waals surface area contributed by atoms with Crippen LogP contribution in [-0.2, 0) is 11.3 Å². The first kappa shape index (κ1) is 18.3. The summed E-state index contributed by atoms with van der Waals surface area (Å²) in [6.07, 6.45) is 2.15. The number of nitrogens with zero attached hydrogens (tertiary/aromatic N) is 2. The minimum absolute atomic E-state index is 0.0315. The Kier molecular flexibility index (Phi) is 5.85. The second-order valence-electron chi connectivity index (χ2n) is 6.16. The van der Waals surface area contributed by atoms with Crippen molar-refractivity contribution in [3.63, 3.8) is 0 Å². The molecule has 0 saturated carbocycles. The molecule has 2 aromatic heterocycles. The van der Waals surface area contributed by atoms with E-state index in [4.69, 9.17) is 4.74 Å². The van der Waals surface area contributed by atoms with Gasteiger partial charge in [0.05, 0.1) is 13.2 Å². The molecule has 26 heavy (non-hydrogen) atoms. The highest BCUT2D eigenvalue weighted by atomic mass is 32.1. The zero-order valence-corrected chi connectivity index (χ0v) is 15.6. The van der Waals surface area contributed by atoms with Crippen molar-refractivity contribution in [3.8, 4) is 5.88 Å². The summed E-state index contributed by atoms with van der Waals surface area (Å²) in [4.78, 5) is 31.0. The van der Waals surface area contributed by atoms with Gasteiger partial charge in [-0.1, -0.05) is 0 Å². The van der Waals surface area contributed by atoms with E-state index in [0.717, 1.165) is 0 Å². The van der Waals surface area contributed by atoms with Gasteiger partial charge in [0, 0.05) is 32.4 Å². The third-order valence-corrected chi connectivity index (χ3v) is 5.19. The van der Waals surface area contributed by atoms with Crippen molar-refractivity contribution in [2.24, 2.45) is 0 Å². The molecule has 2 aromatic rings. The lowest BCUT2D eigenvalue weighted by molar-refractivity contribution is -0.125. The summed E-state index contributed by atoms with van der Waals surface area (Å²) in [6.45, 7) is 1.30. The smallest absolute Gasteiger partial charge is 0.257 e. The molecule has 0 spiro atoms. The maximum atomic E-state index is 12.6. The van der Waals surface area contributed by atoms with Gasteiger partial charge in [0.1, 0.15) is 5.56 Å². The molecule has 8 heteroatoms. The quantitative estimate of drug-likeness (QED) is 0.796. The fraction of sp³-hybridized carbons (Fsp3) is 0.389. The monoisotopic (exact) mass is 374 g/mol. The molecule has 3 heterocycles. The highest BCUT2D eigenvalue weighted by Gasteiger charge is 2.37. The largest absolute Gasteiger partial charge is 0.480 e. The summed E-state index contributed by atoms with van der Waals surface area (Å²) in [5.74, 6) is 0.0184. The number of rotatable bonds is 6. The highest BCUT2D eigenvalue weighted by Crippen LogP contribution is 2.23. The lowest BCUT2D eigenvalue weighted by Gasteiger charge is -2.22. The maximum Gasteiger partial charge on any atom is 0.257 e. The number of carbonyl (C=O) groups is 2. The number of methoxy groups -OCH3 is 1. The first-order chi connectivity index (χ1) is 12.6. The van der Waals surface area contributed by atoms with E-state index in [2.05, 4.69) is 32.0 Å². The number of ether oxygens (including phenoxy) is 1. The number of hydrogen-bond acceptors (Lipinski definition) is 6. The Morgan fingerprint density at radius 3 is 2.96 bits per heavy atom. The summed E-state index contributed by atoms with van der Waals surface area (Å²) < 4.78 is 5.15. The Bertz CT molecular complexity index is 766. The van der Waals surface area contributed by atoms with Gasteiger partial charge >= 0.3 is 0 Å². The van der Waals surface area contributed by atoms with Crippen molar-refractivity contribution in [2.75, 3.05) is 20.7 Å². The van der Waals surface area contributed by atoms with Crippen LogP contribution in [0.2, 0.25) is 0 Å². The van der Waals surface area contributed by atoms with Gasteiger partial charge < -0.3 is 15.4 Å². The van der Waals surface area contributed by atoms with Crippen LogP contribution in [-0.4, -0.2) is 54.5 Å². The van der Waals surface area contributed by atoms with E-state index in [1.165, 1.54) is 12.7 Å². The zero-order valence-electron chi connectivity index (χ0n) is 14.8. The molecule has 1 fully saturated rings. The van der Waals surface area contributed by atoms with Gasteiger partial charge in [-0.05, 0) is 40.9 Å². The number of likely N-dealkylation sites (N-methyl/N-ethyl adjacent to an activating group) is 1. The molecule has 0 aromatic carbocycles. The fourth-order valence-electron chi connectivity index (χ4n) is 3.23. The van der Waals surface area contributed by atoms with Crippen molar-refractivity contribution in [1.29, 1.82) is 0 Å². The second kappa shape index (κ2) is 8.29. The molecule has 0 radical (unpaired) electrons. The van der Waals surface area contributed by atoms with Crippen LogP contribution in [0.25, 0.3) is 0 Å². The second-order valence-corrected chi connectivity index (χ2v) is 6.94. The summed E-state index contributed by atoms with van der Waals surface area (Å²) >= 11 is 1.63. The van der Waals surface area contributed by atoms with Crippen LogP contribution in [0.4, 0.5) is 0 Å².